The van der Waals surface area contributed by atoms with E-state index in [9.17, 15) is 14.4 Å². The van der Waals surface area contributed by atoms with Crippen LogP contribution in [0, 0.1) is 5.82 Å². The first-order chi connectivity index (χ1) is 18.9. The van der Waals surface area contributed by atoms with Gasteiger partial charge in [0, 0.05) is 42.4 Å². The molecule has 0 aliphatic carbocycles. The number of halogens is 1. The van der Waals surface area contributed by atoms with Crippen LogP contribution in [0.4, 0.5) is 14.9 Å². The second-order valence-electron chi connectivity index (χ2n) is 8.88. The number of cyclic esters (lactones) is 1. The van der Waals surface area contributed by atoms with Crippen molar-refractivity contribution in [2.24, 2.45) is 0 Å². The molecule has 1 aliphatic heterocycles. The van der Waals surface area contributed by atoms with Gasteiger partial charge < -0.3 is 15.4 Å². The Labute approximate surface area is 227 Å². The molecule has 1 saturated heterocycles. The summed E-state index contributed by atoms with van der Waals surface area (Å²) >= 11 is 1.37. The maximum atomic E-state index is 15.0. The van der Waals surface area contributed by atoms with Crippen LogP contribution in [-0.2, 0) is 16.1 Å². The average Bonchev–Trinajstić information content (AvgIpc) is 3.59. The molecule has 0 spiro atoms. The van der Waals surface area contributed by atoms with Crippen LogP contribution in [0.1, 0.15) is 23.0 Å². The quantitative estimate of drug-likeness (QED) is 0.339. The van der Waals surface area contributed by atoms with E-state index in [1.165, 1.54) is 29.2 Å². The van der Waals surface area contributed by atoms with Crippen molar-refractivity contribution < 1.29 is 23.5 Å². The maximum Gasteiger partial charge on any atom is 0.414 e. The molecule has 1 fully saturated rings. The number of hydrogen-bond acceptors (Lipinski definition) is 7. The summed E-state index contributed by atoms with van der Waals surface area (Å²) in [6.45, 7) is 2.08. The number of hydrogen-bond donors (Lipinski definition) is 2. The summed E-state index contributed by atoms with van der Waals surface area (Å²) in [4.78, 5) is 45.7. The van der Waals surface area contributed by atoms with Gasteiger partial charge in [-0.1, -0.05) is 24.3 Å². The summed E-state index contributed by atoms with van der Waals surface area (Å²) in [7, 11) is 0. The number of amides is 3. The van der Waals surface area contributed by atoms with E-state index in [2.05, 4.69) is 20.6 Å². The molecule has 1 aliphatic rings. The zero-order valence-corrected chi connectivity index (χ0v) is 21.7. The van der Waals surface area contributed by atoms with Crippen LogP contribution in [-0.4, -0.2) is 47.1 Å². The topological polar surface area (TPSA) is 114 Å². The van der Waals surface area contributed by atoms with Crippen molar-refractivity contribution in [2.75, 3.05) is 18.0 Å². The molecule has 39 heavy (non-hydrogen) atoms. The van der Waals surface area contributed by atoms with Gasteiger partial charge in [-0.2, -0.15) is 0 Å². The Morgan fingerprint density at radius 2 is 1.95 bits per heavy atom. The SMILES string of the molecule is CC(=O)NCC1CN(c2ccc(-c3ccc(CNC(=O)c4csc(-c5cccnc5)n4)cc3)c(F)c2)C(=O)O1. The van der Waals surface area contributed by atoms with Crippen LogP contribution < -0.4 is 15.5 Å². The van der Waals surface area contributed by atoms with Crippen LogP contribution in [0.3, 0.4) is 0 Å². The minimum atomic E-state index is -0.588. The standard InChI is InChI=1S/C28H24FN5O4S/c1-17(35)31-14-22-15-34(28(37)38-22)21-8-9-23(24(29)11-21)19-6-4-18(5-7-19)12-32-26(36)25-16-39-27(33-25)20-3-2-10-30-13-20/h2-11,13,16,22H,12,14-15H2,1H3,(H,31,35)(H,32,36). The maximum absolute atomic E-state index is 15.0. The van der Waals surface area contributed by atoms with E-state index in [1.807, 2.05) is 24.3 Å². The second-order valence-corrected chi connectivity index (χ2v) is 9.73. The minimum absolute atomic E-state index is 0.196. The molecule has 2 aromatic heterocycles. The fourth-order valence-electron chi connectivity index (χ4n) is 4.08. The number of nitrogens with one attached hydrogen (secondary N) is 2. The van der Waals surface area contributed by atoms with Crippen molar-refractivity contribution >= 4 is 34.9 Å². The summed E-state index contributed by atoms with van der Waals surface area (Å²) in [5.41, 5.74) is 3.44. The Morgan fingerprint density at radius 3 is 2.67 bits per heavy atom. The number of ether oxygens (including phenoxy) is 1. The lowest BCUT2D eigenvalue weighted by Gasteiger charge is -2.15. The van der Waals surface area contributed by atoms with E-state index in [0.717, 1.165) is 16.1 Å². The predicted molar refractivity (Wildman–Crippen MR) is 145 cm³/mol. The zero-order chi connectivity index (χ0) is 27.4. The Kier molecular flexibility index (Phi) is 7.60. The number of pyridine rings is 1. The molecule has 1 atom stereocenters. The van der Waals surface area contributed by atoms with Crippen LogP contribution in [0.5, 0.6) is 0 Å². The first-order valence-corrected chi connectivity index (χ1v) is 13.0. The molecule has 5 rings (SSSR count). The lowest BCUT2D eigenvalue weighted by molar-refractivity contribution is -0.119. The Bertz CT molecular complexity index is 1510. The Morgan fingerprint density at radius 1 is 1.13 bits per heavy atom. The van der Waals surface area contributed by atoms with E-state index in [-0.39, 0.29) is 31.4 Å². The molecule has 0 saturated carbocycles. The highest BCUT2D eigenvalue weighted by Crippen LogP contribution is 2.29. The highest BCUT2D eigenvalue weighted by molar-refractivity contribution is 7.13. The fourth-order valence-corrected chi connectivity index (χ4v) is 4.87. The van der Waals surface area contributed by atoms with Gasteiger partial charge in [-0.15, -0.1) is 11.3 Å². The third kappa shape index (κ3) is 6.10. The molecule has 0 radical (unpaired) electrons. The summed E-state index contributed by atoms with van der Waals surface area (Å²) in [5.74, 6) is -0.991. The van der Waals surface area contributed by atoms with Crippen LogP contribution in [0.25, 0.3) is 21.7 Å². The van der Waals surface area contributed by atoms with Gasteiger partial charge in [0.1, 0.15) is 22.6 Å². The normalized spacial score (nSPS) is 14.7. The monoisotopic (exact) mass is 545 g/mol. The second kappa shape index (κ2) is 11.4. The molecular formula is C28H24FN5O4S. The average molecular weight is 546 g/mol. The van der Waals surface area contributed by atoms with Gasteiger partial charge in [-0.3, -0.25) is 19.5 Å². The zero-order valence-electron chi connectivity index (χ0n) is 20.9. The lowest BCUT2D eigenvalue weighted by Crippen LogP contribution is -2.33. The van der Waals surface area contributed by atoms with E-state index in [1.54, 1.807) is 42.0 Å². The number of thiazole rings is 1. The van der Waals surface area contributed by atoms with E-state index < -0.39 is 18.0 Å². The van der Waals surface area contributed by atoms with Crippen molar-refractivity contribution in [3.8, 4) is 21.7 Å². The number of benzene rings is 2. The van der Waals surface area contributed by atoms with Gasteiger partial charge in [0.05, 0.1) is 18.8 Å². The minimum Gasteiger partial charge on any atom is -0.442 e. The van der Waals surface area contributed by atoms with Crippen molar-refractivity contribution in [3.05, 3.63) is 89.4 Å². The van der Waals surface area contributed by atoms with Gasteiger partial charge in [-0.25, -0.2) is 14.2 Å². The summed E-state index contributed by atoms with van der Waals surface area (Å²) in [6.07, 6.45) is 2.29. The van der Waals surface area contributed by atoms with E-state index >= 15 is 4.39 Å². The molecule has 198 valence electrons. The van der Waals surface area contributed by atoms with Gasteiger partial charge in [-0.05, 0) is 41.5 Å². The summed E-state index contributed by atoms with van der Waals surface area (Å²) in [6, 6.07) is 15.4. The number of nitrogens with zero attached hydrogens (tertiary/aromatic N) is 3. The molecule has 0 bridgehead atoms. The van der Waals surface area contributed by atoms with Crippen molar-refractivity contribution in [1.29, 1.82) is 0 Å². The first-order valence-electron chi connectivity index (χ1n) is 12.1. The molecular weight excluding hydrogens is 521 g/mol. The van der Waals surface area contributed by atoms with Crippen molar-refractivity contribution in [3.63, 3.8) is 0 Å². The Hall–Kier alpha value is -4.64. The van der Waals surface area contributed by atoms with Gasteiger partial charge in [0.25, 0.3) is 5.91 Å². The number of aromatic nitrogens is 2. The number of rotatable bonds is 8. The van der Waals surface area contributed by atoms with E-state index in [0.29, 0.717) is 22.5 Å². The third-order valence-corrected chi connectivity index (χ3v) is 6.97. The van der Waals surface area contributed by atoms with Gasteiger partial charge in [0.15, 0.2) is 0 Å². The highest BCUT2D eigenvalue weighted by Gasteiger charge is 2.32. The molecule has 4 aromatic rings. The molecule has 2 N–H and O–H groups in total. The van der Waals surface area contributed by atoms with Crippen molar-refractivity contribution in [2.45, 2.75) is 19.6 Å². The van der Waals surface area contributed by atoms with Gasteiger partial charge in [0.2, 0.25) is 5.91 Å². The molecule has 9 nitrogen and oxygen atoms in total. The molecule has 3 amide bonds. The lowest BCUT2D eigenvalue weighted by atomic mass is 10.0. The van der Waals surface area contributed by atoms with Crippen molar-refractivity contribution in [1.82, 2.24) is 20.6 Å². The van der Waals surface area contributed by atoms with Crippen LogP contribution in [0.2, 0.25) is 0 Å². The molecule has 1 unspecified atom stereocenters. The van der Waals surface area contributed by atoms with E-state index in [4.69, 9.17) is 4.74 Å². The molecule has 2 aromatic carbocycles. The number of anilines is 1. The van der Waals surface area contributed by atoms with Crippen LogP contribution >= 0.6 is 11.3 Å². The molecule has 11 heteroatoms. The van der Waals surface area contributed by atoms with Gasteiger partial charge >= 0.3 is 6.09 Å². The smallest absolute Gasteiger partial charge is 0.414 e. The first kappa shape index (κ1) is 26.0. The molecule has 3 heterocycles. The Balaban J connectivity index is 1.19. The number of carbonyl (C=O) groups excluding carboxylic acids is 3. The predicted octanol–water partition coefficient (Wildman–Crippen LogP) is 4.40. The number of carbonyl (C=O) groups is 3. The third-order valence-electron chi connectivity index (χ3n) is 6.08. The largest absolute Gasteiger partial charge is 0.442 e. The van der Waals surface area contributed by atoms with Crippen LogP contribution in [0.15, 0.2) is 72.4 Å². The summed E-state index contributed by atoms with van der Waals surface area (Å²) < 4.78 is 20.3. The highest BCUT2D eigenvalue weighted by atomic mass is 32.1. The summed E-state index contributed by atoms with van der Waals surface area (Å²) in [5, 5.41) is 7.89. The fraction of sp³-hybridized carbons (Fsp3) is 0.179.